The van der Waals surface area contributed by atoms with Gasteiger partial charge in [-0.25, -0.2) is 0 Å². The minimum atomic E-state index is 0.520. The number of hydrazone groups is 1. The molecule has 2 heteroatoms. The molecule has 2 nitrogen and oxygen atoms in total. The summed E-state index contributed by atoms with van der Waals surface area (Å²) >= 11 is 0. The van der Waals surface area contributed by atoms with Gasteiger partial charge in [-0.15, -0.1) is 0 Å². The second-order valence-electron chi connectivity index (χ2n) is 2.22. The Morgan fingerprint density at radius 2 is 2.11 bits per heavy atom. The van der Waals surface area contributed by atoms with E-state index in [-0.39, 0.29) is 0 Å². The van der Waals surface area contributed by atoms with Gasteiger partial charge in [0.1, 0.15) is 0 Å². The summed E-state index contributed by atoms with van der Waals surface area (Å²) in [6.45, 7) is 9.30. The lowest BCUT2D eigenvalue weighted by Crippen LogP contribution is -2.24. The van der Waals surface area contributed by atoms with Gasteiger partial charge in [-0.3, -0.25) is 5.01 Å². The first-order valence-electron chi connectivity index (χ1n) is 3.47. The van der Waals surface area contributed by atoms with Gasteiger partial charge in [-0.05, 0) is 27.7 Å². The molecule has 0 saturated heterocycles. The van der Waals surface area contributed by atoms with Crippen LogP contribution in [0.25, 0.3) is 0 Å². The molecule has 0 amide bonds. The highest BCUT2D eigenvalue weighted by Crippen LogP contribution is 1.95. The second-order valence-corrected chi connectivity index (χ2v) is 2.22. The lowest BCUT2D eigenvalue weighted by Gasteiger charge is -2.20. The molecule has 0 aliphatic carbocycles. The Balaban J connectivity index is 3.68. The van der Waals surface area contributed by atoms with Crippen LogP contribution in [-0.2, 0) is 0 Å². The molecule has 0 atom stereocenters. The van der Waals surface area contributed by atoms with Gasteiger partial charge < -0.3 is 0 Å². The van der Waals surface area contributed by atoms with Crippen molar-refractivity contribution in [3.63, 3.8) is 0 Å². The molecule has 0 aromatic rings. The van der Waals surface area contributed by atoms with Crippen LogP contribution in [0.4, 0.5) is 0 Å². The Kier molecular flexibility index (Phi) is 4.10. The SMILES string of the molecule is CC=NN(CC)C(C)C. The van der Waals surface area contributed by atoms with E-state index in [9.17, 15) is 0 Å². The number of rotatable bonds is 3. The maximum atomic E-state index is 4.15. The van der Waals surface area contributed by atoms with Crippen molar-refractivity contribution < 1.29 is 0 Å². The van der Waals surface area contributed by atoms with E-state index in [2.05, 4.69) is 25.9 Å². The third-order valence-electron chi connectivity index (χ3n) is 1.18. The summed E-state index contributed by atoms with van der Waals surface area (Å²) in [5.74, 6) is 0. The third-order valence-corrected chi connectivity index (χ3v) is 1.18. The van der Waals surface area contributed by atoms with Crippen molar-refractivity contribution in [2.24, 2.45) is 5.10 Å². The minimum absolute atomic E-state index is 0.520. The molecular weight excluding hydrogens is 112 g/mol. The topological polar surface area (TPSA) is 15.6 Å². The summed E-state index contributed by atoms with van der Waals surface area (Å²) in [6.07, 6.45) is 1.82. The molecule has 0 fully saturated rings. The van der Waals surface area contributed by atoms with Crippen LogP contribution in [0.3, 0.4) is 0 Å². The van der Waals surface area contributed by atoms with Crippen molar-refractivity contribution in [2.75, 3.05) is 6.54 Å². The molecule has 0 aliphatic rings. The fourth-order valence-electron chi connectivity index (χ4n) is 0.728. The Morgan fingerprint density at radius 3 is 2.22 bits per heavy atom. The van der Waals surface area contributed by atoms with Crippen LogP contribution in [0, 0.1) is 0 Å². The Morgan fingerprint density at radius 1 is 1.56 bits per heavy atom. The normalized spacial score (nSPS) is 11.2. The number of hydrogen-bond acceptors (Lipinski definition) is 2. The van der Waals surface area contributed by atoms with Crippen LogP contribution in [0.15, 0.2) is 5.10 Å². The first-order chi connectivity index (χ1) is 4.22. The van der Waals surface area contributed by atoms with Crippen LogP contribution in [0.2, 0.25) is 0 Å². The fraction of sp³-hybridized carbons (Fsp3) is 0.857. The lowest BCUT2D eigenvalue weighted by molar-refractivity contribution is 0.247. The molecule has 54 valence electrons. The van der Waals surface area contributed by atoms with E-state index in [4.69, 9.17) is 0 Å². The maximum absolute atomic E-state index is 4.15. The van der Waals surface area contributed by atoms with Crippen LogP contribution < -0.4 is 0 Å². The largest absolute Gasteiger partial charge is 0.295 e. The summed E-state index contributed by atoms with van der Waals surface area (Å²) in [5.41, 5.74) is 0. The highest BCUT2D eigenvalue weighted by Gasteiger charge is 1.99. The zero-order chi connectivity index (χ0) is 7.28. The Bertz CT molecular complexity index is 86.9. The van der Waals surface area contributed by atoms with Crippen LogP contribution in [0.1, 0.15) is 27.7 Å². The van der Waals surface area contributed by atoms with E-state index in [1.807, 2.05) is 18.1 Å². The first kappa shape index (κ1) is 8.47. The van der Waals surface area contributed by atoms with Crippen LogP contribution in [0.5, 0.6) is 0 Å². The van der Waals surface area contributed by atoms with Gasteiger partial charge in [0.15, 0.2) is 0 Å². The smallest absolute Gasteiger partial charge is 0.0414 e. The highest BCUT2D eigenvalue weighted by molar-refractivity contribution is 5.52. The van der Waals surface area contributed by atoms with Gasteiger partial charge in [0, 0.05) is 18.8 Å². The number of hydrogen-bond donors (Lipinski definition) is 0. The molecular formula is C7H16N2. The summed E-state index contributed by atoms with van der Waals surface area (Å²) in [5, 5.41) is 6.19. The Hall–Kier alpha value is -0.530. The van der Waals surface area contributed by atoms with Gasteiger partial charge in [0.05, 0.1) is 0 Å². The molecule has 0 heterocycles. The third kappa shape index (κ3) is 3.12. The monoisotopic (exact) mass is 128 g/mol. The van der Waals surface area contributed by atoms with Crippen molar-refractivity contribution in [1.82, 2.24) is 5.01 Å². The molecule has 0 radical (unpaired) electrons. The van der Waals surface area contributed by atoms with E-state index < -0.39 is 0 Å². The fourth-order valence-corrected chi connectivity index (χ4v) is 0.728. The number of nitrogens with zero attached hydrogens (tertiary/aromatic N) is 2. The highest BCUT2D eigenvalue weighted by atomic mass is 15.5. The minimum Gasteiger partial charge on any atom is -0.295 e. The molecule has 0 spiro atoms. The average molecular weight is 128 g/mol. The Labute approximate surface area is 57.6 Å². The molecule has 0 aliphatic heterocycles. The van der Waals surface area contributed by atoms with Crippen LogP contribution in [-0.4, -0.2) is 23.8 Å². The van der Waals surface area contributed by atoms with Gasteiger partial charge in [0.2, 0.25) is 0 Å². The molecule has 0 unspecified atom stereocenters. The average Bonchev–Trinajstić information content (AvgIpc) is 1.82. The van der Waals surface area contributed by atoms with Gasteiger partial charge in [-0.1, -0.05) is 0 Å². The molecule has 0 aromatic heterocycles. The lowest BCUT2D eigenvalue weighted by atomic mass is 10.4. The predicted octanol–water partition coefficient (Wildman–Crippen LogP) is 1.72. The zero-order valence-electron chi connectivity index (χ0n) is 6.76. The molecule has 0 saturated carbocycles. The summed E-state index contributed by atoms with van der Waals surface area (Å²) in [6, 6.07) is 0.520. The van der Waals surface area contributed by atoms with Gasteiger partial charge >= 0.3 is 0 Å². The predicted molar refractivity (Wildman–Crippen MR) is 41.7 cm³/mol. The van der Waals surface area contributed by atoms with Crippen molar-refractivity contribution in [1.29, 1.82) is 0 Å². The van der Waals surface area contributed by atoms with Gasteiger partial charge in [-0.2, -0.15) is 5.10 Å². The quantitative estimate of drug-likeness (QED) is 0.417. The molecule has 0 bridgehead atoms. The van der Waals surface area contributed by atoms with Crippen molar-refractivity contribution >= 4 is 6.21 Å². The summed E-state index contributed by atoms with van der Waals surface area (Å²) in [7, 11) is 0. The summed E-state index contributed by atoms with van der Waals surface area (Å²) in [4.78, 5) is 0. The van der Waals surface area contributed by atoms with Crippen LogP contribution >= 0.6 is 0 Å². The maximum Gasteiger partial charge on any atom is 0.0414 e. The second kappa shape index (κ2) is 4.36. The standard InChI is InChI=1S/C7H16N2/c1-5-8-9(6-2)7(3)4/h5,7H,6H2,1-4H3. The van der Waals surface area contributed by atoms with Crippen molar-refractivity contribution in [3.05, 3.63) is 0 Å². The molecule has 0 aromatic carbocycles. The van der Waals surface area contributed by atoms with E-state index >= 15 is 0 Å². The van der Waals surface area contributed by atoms with E-state index in [0.717, 1.165) is 6.54 Å². The summed E-state index contributed by atoms with van der Waals surface area (Å²) < 4.78 is 0. The van der Waals surface area contributed by atoms with Crippen molar-refractivity contribution in [3.8, 4) is 0 Å². The first-order valence-corrected chi connectivity index (χ1v) is 3.47. The van der Waals surface area contributed by atoms with E-state index in [0.29, 0.717) is 6.04 Å². The van der Waals surface area contributed by atoms with E-state index in [1.165, 1.54) is 0 Å². The molecule has 0 rings (SSSR count). The molecule has 9 heavy (non-hydrogen) atoms. The van der Waals surface area contributed by atoms with Gasteiger partial charge in [0.25, 0.3) is 0 Å². The van der Waals surface area contributed by atoms with E-state index in [1.54, 1.807) is 0 Å². The zero-order valence-corrected chi connectivity index (χ0v) is 6.76. The van der Waals surface area contributed by atoms with Crippen molar-refractivity contribution in [2.45, 2.75) is 33.7 Å². The molecule has 0 N–H and O–H groups in total.